The Labute approximate surface area is 160 Å². The highest BCUT2D eigenvalue weighted by Crippen LogP contribution is 2.19. The molecule has 1 heterocycles. The quantitative estimate of drug-likeness (QED) is 0.874. The summed E-state index contributed by atoms with van der Waals surface area (Å²) in [6, 6.07) is 15.9. The lowest BCUT2D eigenvalue weighted by Crippen LogP contribution is -2.51. The highest BCUT2D eigenvalue weighted by molar-refractivity contribution is 5.88. The molecule has 0 bridgehead atoms. The second kappa shape index (κ2) is 8.58. The molecule has 142 valence electrons. The molecule has 0 atom stereocenters. The molecule has 0 aliphatic carbocycles. The fourth-order valence-electron chi connectivity index (χ4n) is 3.22. The van der Waals surface area contributed by atoms with E-state index >= 15 is 0 Å². The van der Waals surface area contributed by atoms with Gasteiger partial charge in [0.1, 0.15) is 0 Å². The number of piperazine rings is 1. The van der Waals surface area contributed by atoms with E-state index in [2.05, 4.69) is 28.5 Å². The van der Waals surface area contributed by atoms with Crippen LogP contribution in [0.4, 0.5) is 16.2 Å². The summed E-state index contributed by atoms with van der Waals surface area (Å²) in [5, 5.41) is 5.79. The van der Waals surface area contributed by atoms with Gasteiger partial charge in [-0.3, -0.25) is 4.79 Å². The molecule has 6 nitrogen and oxygen atoms in total. The lowest BCUT2D eigenvalue weighted by Gasteiger charge is -2.36. The summed E-state index contributed by atoms with van der Waals surface area (Å²) >= 11 is 0. The lowest BCUT2D eigenvalue weighted by molar-refractivity contribution is -0.114. The maximum absolute atomic E-state index is 12.4. The van der Waals surface area contributed by atoms with Gasteiger partial charge in [-0.2, -0.15) is 0 Å². The van der Waals surface area contributed by atoms with Crippen LogP contribution in [0.15, 0.2) is 48.5 Å². The molecule has 0 saturated carbocycles. The number of aryl methyl sites for hydroxylation is 1. The van der Waals surface area contributed by atoms with Crippen LogP contribution in [-0.2, 0) is 11.3 Å². The molecule has 2 aromatic carbocycles. The van der Waals surface area contributed by atoms with Gasteiger partial charge in [-0.25, -0.2) is 4.79 Å². The van der Waals surface area contributed by atoms with E-state index in [1.807, 2.05) is 47.4 Å². The predicted octanol–water partition coefficient (Wildman–Crippen LogP) is 2.99. The predicted molar refractivity (Wildman–Crippen MR) is 108 cm³/mol. The minimum atomic E-state index is -0.0759. The van der Waals surface area contributed by atoms with Gasteiger partial charge in [0.25, 0.3) is 0 Å². The van der Waals surface area contributed by atoms with Crippen LogP contribution in [0.25, 0.3) is 0 Å². The highest BCUT2D eigenvalue weighted by Gasteiger charge is 2.21. The standard InChI is InChI=1S/C21H26N4O2/c1-16-5-3-4-6-18(16)15-22-21(27)25-13-11-24(12-14-25)20-9-7-19(8-10-20)23-17(2)26/h3-10H,11-15H2,1-2H3,(H,22,27)(H,23,26). The molecule has 3 rings (SSSR count). The molecule has 1 saturated heterocycles. The summed E-state index contributed by atoms with van der Waals surface area (Å²) in [6.45, 7) is 7.06. The Balaban J connectivity index is 1.48. The fourth-order valence-corrected chi connectivity index (χ4v) is 3.22. The maximum Gasteiger partial charge on any atom is 0.317 e. The Hall–Kier alpha value is -3.02. The summed E-state index contributed by atoms with van der Waals surface area (Å²) in [7, 11) is 0. The first kappa shape index (κ1) is 18.8. The van der Waals surface area contributed by atoms with E-state index in [4.69, 9.17) is 0 Å². The van der Waals surface area contributed by atoms with Crippen molar-refractivity contribution in [1.29, 1.82) is 0 Å². The zero-order chi connectivity index (χ0) is 19.2. The molecule has 1 aliphatic rings. The number of nitrogens with zero attached hydrogens (tertiary/aromatic N) is 2. The van der Waals surface area contributed by atoms with Crippen molar-refractivity contribution in [3.63, 3.8) is 0 Å². The molecule has 0 unspecified atom stereocenters. The highest BCUT2D eigenvalue weighted by atomic mass is 16.2. The van der Waals surface area contributed by atoms with Gasteiger partial charge in [-0.05, 0) is 42.3 Å². The van der Waals surface area contributed by atoms with Crippen LogP contribution in [0, 0.1) is 6.92 Å². The molecule has 0 spiro atoms. The molecule has 2 N–H and O–H groups in total. The van der Waals surface area contributed by atoms with Crippen LogP contribution < -0.4 is 15.5 Å². The Morgan fingerprint density at radius 2 is 1.63 bits per heavy atom. The summed E-state index contributed by atoms with van der Waals surface area (Å²) in [6.07, 6.45) is 0. The number of anilines is 2. The third-order valence-corrected chi connectivity index (χ3v) is 4.81. The molecule has 3 amide bonds. The molecule has 1 aliphatic heterocycles. The molecule has 27 heavy (non-hydrogen) atoms. The van der Waals surface area contributed by atoms with E-state index in [1.165, 1.54) is 12.5 Å². The number of rotatable bonds is 4. The van der Waals surface area contributed by atoms with Gasteiger partial charge in [0.15, 0.2) is 0 Å². The largest absolute Gasteiger partial charge is 0.368 e. The van der Waals surface area contributed by atoms with Crippen molar-refractivity contribution >= 4 is 23.3 Å². The smallest absolute Gasteiger partial charge is 0.317 e. The van der Waals surface area contributed by atoms with Gasteiger partial charge in [-0.15, -0.1) is 0 Å². The van der Waals surface area contributed by atoms with Gasteiger partial charge in [0, 0.05) is 51.0 Å². The third-order valence-electron chi connectivity index (χ3n) is 4.81. The number of benzene rings is 2. The molecule has 0 aromatic heterocycles. The van der Waals surface area contributed by atoms with Crippen molar-refractivity contribution in [3.8, 4) is 0 Å². The Morgan fingerprint density at radius 1 is 0.963 bits per heavy atom. The van der Waals surface area contributed by atoms with Gasteiger partial charge < -0.3 is 20.4 Å². The average Bonchev–Trinajstić information content (AvgIpc) is 2.67. The molecule has 1 fully saturated rings. The molecular formula is C21H26N4O2. The van der Waals surface area contributed by atoms with Crippen LogP contribution in [0.2, 0.25) is 0 Å². The van der Waals surface area contributed by atoms with Gasteiger partial charge in [0.2, 0.25) is 5.91 Å². The van der Waals surface area contributed by atoms with E-state index in [-0.39, 0.29) is 11.9 Å². The fraction of sp³-hybridized carbons (Fsp3) is 0.333. The number of hydrogen-bond donors (Lipinski definition) is 2. The Morgan fingerprint density at radius 3 is 2.26 bits per heavy atom. The minimum Gasteiger partial charge on any atom is -0.368 e. The zero-order valence-corrected chi connectivity index (χ0v) is 15.9. The summed E-state index contributed by atoms with van der Waals surface area (Å²) in [5.74, 6) is -0.0759. The topological polar surface area (TPSA) is 64.7 Å². The first-order chi connectivity index (χ1) is 13.0. The number of hydrogen-bond acceptors (Lipinski definition) is 3. The number of amides is 3. The normalized spacial score (nSPS) is 14.0. The number of nitrogens with one attached hydrogen (secondary N) is 2. The van der Waals surface area contributed by atoms with Gasteiger partial charge >= 0.3 is 6.03 Å². The lowest BCUT2D eigenvalue weighted by atomic mass is 10.1. The average molecular weight is 366 g/mol. The summed E-state index contributed by atoms with van der Waals surface area (Å²) < 4.78 is 0. The Kier molecular flexibility index (Phi) is 5.96. The van der Waals surface area contributed by atoms with Gasteiger partial charge in [-0.1, -0.05) is 24.3 Å². The van der Waals surface area contributed by atoms with E-state index in [0.29, 0.717) is 19.6 Å². The summed E-state index contributed by atoms with van der Waals surface area (Å²) in [4.78, 5) is 27.6. The van der Waals surface area contributed by atoms with Crippen LogP contribution in [0.3, 0.4) is 0 Å². The summed E-state index contributed by atoms with van der Waals surface area (Å²) in [5.41, 5.74) is 4.22. The first-order valence-corrected chi connectivity index (χ1v) is 9.23. The van der Waals surface area contributed by atoms with Crippen molar-refractivity contribution in [2.24, 2.45) is 0 Å². The molecule has 0 radical (unpaired) electrons. The van der Waals surface area contributed by atoms with Crippen molar-refractivity contribution in [3.05, 3.63) is 59.7 Å². The number of urea groups is 1. The number of carbonyl (C=O) groups is 2. The SMILES string of the molecule is CC(=O)Nc1ccc(N2CCN(C(=O)NCc3ccccc3C)CC2)cc1. The third kappa shape index (κ3) is 5.00. The van der Waals surface area contributed by atoms with Crippen molar-refractivity contribution in [1.82, 2.24) is 10.2 Å². The van der Waals surface area contributed by atoms with Crippen molar-refractivity contribution < 1.29 is 9.59 Å². The monoisotopic (exact) mass is 366 g/mol. The van der Waals surface area contributed by atoms with Crippen molar-refractivity contribution in [2.45, 2.75) is 20.4 Å². The van der Waals surface area contributed by atoms with Crippen LogP contribution in [0.5, 0.6) is 0 Å². The van der Waals surface area contributed by atoms with Crippen LogP contribution >= 0.6 is 0 Å². The second-order valence-electron chi connectivity index (χ2n) is 6.79. The van der Waals surface area contributed by atoms with Crippen LogP contribution in [0.1, 0.15) is 18.1 Å². The first-order valence-electron chi connectivity index (χ1n) is 9.23. The van der Waals surface area contributed by atoms with Crippen molar-refractivity contribution in [2.75, 3.05) is 36.4 Å². The molecular weight excluding hydrogens is 340 g/mol. The zero-order valence-electron chi connectivity index (χ0n) is 15.9. The molecule has 6 heteroatoms. The van der Waals surface area contributed by atoms with Gasteiger partial charge in [0.05, 0.1) is 0 Å². The van der Waals surface area contributed by atoms with E-state index in [9.17, 15) is 9.59 Å². The van der Waals surface area contributed by atoms with E-state index in [0.717, 1.165) is 30.0 Å². The second-order valence-corrected chi connectivity index (χ2v) is 6.79. The molecule has 2 aromatic rings. The van der Waals surface area contributed by atoms with E-state index < -0.39 is 0 Å². The van der Waals surface area contributed by atoms with E-state index in [1.54, 1.807) is 0 Å². The number of carbonyl (C=O) groups excluding carboxylic acids is 2. The maximum atomic E-state index is 12.4. The van der Waals surface area contributed by atoms with Crippen LogP contribution in [-0.4, -0.2) is 43.0 Å². The Bertz CT molecular complexity index is 796. The minimum absolute atomic E-state index is 0.0149.